The van der Waals surface area contributed by atoms with Gasteiger partial charge in [0.25, 0.3) is 0 Å². The fraction of sp³-hybridized carbons (Fsp3) is 0.278. The molecule has 0 fully saturated rings. The molecule has 0 unspecified atom stereocenters. The van der Waals surface area contributed by atoms with E-state index < -0.39 is 5.54 Å². The maximum absolute atomic E-state index is 12.2. The summed E-state index contributed by atoms with van der Waals surface area (Å²) in [6.07, 6.45) is 0.724. The van der Waals surface area contributed by atoms with Gasteiger partial charge in [0.05, 0.1) is 18.8 Å². The van der Waals surface area contributed by atoms with Gasteiger partial charge in [-0.25, -0.2) is 0 Å². The summed E-state index contributed by atoms with van der Waals surface area (Å²) >= 11 is 0. The number of ketones is 1. The quantitative estimate of drug-likeness (QED) is 0.674. The highest BCUT2D eigenvalue weighted by Crippen LogP contribution is 2.14. The van der Waals surface area contributed by atoms with E-state index in [9.17, 15) is 15.0 Å². The van der Waals surface area contributed by atoms with Gasteiger partial charge in [-0.2, -0.15) is 0 Å². The summed E-state index contributed by atoms with van der Waals surface area (Å²) in [5.74, 6) is 0.0566. The summed E-state index contributed by atoms with van der Waals surface area (Å²) < 4.78 is 0. The summed E-state index contributed by atoms with van der Waals surface area (Å²) in [6, 6.07) is 16.7. The van der Waals surface area contributed by atoms with Crippen molar-refractivity contribution in [2.24, 2.45) is 5.73 Å². The van der Waals surface area contributed by atoms with Crippen LogP contribution in [-0.2, 0) is 12.8 Å². The molecule has 2 aromatic carbocycles. The van der Waals surface area contributed by atoms with E-state index in [4.69, 9.17) is 5.73 Å². The highest BCUT2D eigenvalue weighted by Gasteiger charge is 2.23. The molecule has 0 bridgehead atoms. The molecule has 4 heteroatoms. The van der Waals surface area contributed by atoms with Gasteiger partial charge in [-0.05, 0) is 17.5 Å². The van der Waals surface area contributed by atoms with Crippen LogP contribution in [0.15, 0.2) is 54.6 Å². The molecule has 0 aliphatic carbocycles. The van der Waals surface area contributed by atoms with Gasteiger partial charge in [0, 0.05) is 12.0 Å². The minimum Gasteiger partial charge on any atom is -0.394 e. The van der Waals surface area contributed by atoms with Crippen LogP contribution in [-0.4, -0.2) is 34.7 Å². The lowest BCUT2D eigenvalue weighted by Gasteiger charge is -2.24. The van der Waals surface area contributed by atoms with Gasteiger partial charge < -0.3 is 15.9 Å². The van der Waals surface area contributed by atoms with Gasteiger partial charge >= 0.3 is 0 Å². The maximum atomic E-state index is 12.2. The normalized spacial score (nSPS) is 11.4. The van der Waals surface area contributed by atoms with E-state index in [-0.39, 0.29) is 19.0 Å². The fourth-order valence-electron chi connectivity index (χ4n) is 2.26. The zero-order valence-corrected chi connectivity index (χ0v) is 12.4. The predicted octanol–water partition coefficient (Wildman–Crippen LogP) is 1.34. The second kappa shape index (κ2) is 7.31. The zero-order chi connectivity index (χ0) is 16.0. The molecular formula is C18H21NO3. The lowest BCUT2D eigenvalue weighted by atomic mass is 9.92. The number of aliphatic hydroxyl groups excluding tert-OH is 2. The molecule has 2 rings (SSSR count). The number of benzene rings is 2. The van der Waals surface area contributed by atoms with Crippen molar-refractivity contribution in [3.63, 3.8) is 0 Å². The first kappa shape index (κ1) is 16.4. The summed E-state index contributed by atoms with van der Waals surface area (Å²) in [4.78, 5) is 12.2. The SMILES string of the molecule is NC(CO)(CO)Cc1ccc(C(=O)Cc2ccccc2)cc1. The van der Waals surface area contributed by atoms with Gasteiger partial charge in [0.2, 0.25) is 0 Å². The average Bonchev–Trinajstić information content (AvgIpc) is 2.56. The van der Waals surface area contributed by atoms with Crippen LogP contribution in [0.4, 0.5) is 0 Å². The number of nitrogens with two attached hydrogens (primary N) is 1. The Kier molecular flexibility index (Phi) is 5.44. The number of hydrogen-bond donors (Lipinski definition) is 3. The number of rotatable bonds is 7. The van der Waals surface area contributed by atoms with Crippen LogP contribution >= 0.6 is 0 Å². The number of Topliss-reactive ketones (excluding diaryl/α,β-unsaturated/α-hetero) is 1. The van der Waals surface area contributed by atoms with E-state index in [2.05, 4.69) is 0 Å². The van der Waals surface area contributed by atoms with Crippen molar-refractivity contribution < 1.29 is 15.0 Å². The third kappa shape index (κ3) is 4.24. The van der Waals surface area contributed by atoms with Crippen molar-refractivity contribution in [1.82, 2.24) is 0 Å². The van der Waals surface area contributed by atoms with Crippen LogP contribution in [0.25, 0.3) is 0 Å². The summed E-state index contributed by atoms with van der Waals surface area (Å²) in [5, 5.41) is 18.4. The topological polar surface area (TPSA) is 83.6 Å². The van der Waals surface area contributed by atoms with Crippen molar-refractivity contribution in [3.05, 3.63) is 71.3 Å². The number of hydrogen-bond acceptors (Lipinski definition) is 4. The van der Waals surface area contributed by atoms with Gasteiger partial charge in [0.15, 0.2) is 5.78 Å². The van der Waals surface area contributed by atoms with Crippen LogP contribution in [0.3, 0.4) is 0 Å². The zero-order valence-electron chi connectivity index (χ0n) is 12.4. The highest BCUT2D eigenvalue weighted by atomic mass is 16.3. The number of carbonyl (C=O) groups is 1. The minimum atomic E-state index is -1.03. The maximum Gasteiger partial charge on any atom is 0.167 e. The fourth-order valence-corrected chi connectivity index (χ4v) is 2.26. The molecule has 116 valence electrons. The first-order chi connectivity index (χ1) is 10.6. The van der Waals surface area contributed by atoms with Crippen LogP contribution < -0.4 is 5.73 Å². The van der Waals surface area contributed by atoms with Crippen LogP contribution in [0.2, 0.25) is 0 Å². The van der Waals surface area contributed by atoms with Crippen molar-refractivity contribution >= 4 is 5.78 Å². The highest BCUT2D eigenvalue weighted by molar-refractivity contribution is 5.97. The Labute approximate surface area is 130 Å². The summed E-state index contributed by atoms with van der Waals surface area (Å²) in [6.45, 7) is -0.587. The molecule has 0 amide bonds. The Morgan fingerprint density at radius 1 is 0.909 bits per heavy atom. The van der Waals surface area contributed by atoms with Gasteiger partial charge in [-0.3, -0.25) is 4.79 Å². The standard InChI is InChI=1S/C18H21NO3/c19-18(12-20,13-21)11-15-6-8-16(9-7-15)17(22)10-14-4-2-1-3-5-14/h1-9,20-21H,10-13,19H2. The molecule has 0 saturated heterocycles. The lowest BCUT2D eigenvalue weighted by molar-refractivity contribution is 0.0992. The molecule has 4 nitrogen and oxygen atoms in total. The molecule has 0 spiro atoms. The summed E-state index contributed by atoms with van der Waals surface area (Å²) in [7, 11) is 0. The Bertz CT molecular complexity index is 604. The Hall–Kier alpha value is -2.01. The van der Waals surface area contributed by atoms with Gasteiger partial charge in [0.1, 0.15) is 0 Å². The summed E-state index contributed by atoms with van der Waals surface area (Å²) in [5.41, 5.74) is 7.33. The van der Waals surface area contributed by atoms with E-state index in [1.54, 1.807) is 12.1 Å². The smallest absolute Gasteiger partial charge is 0.167 e. The van der Waals surface area contributed by atoms with Crippen molar-refractivity contribution in [2.45, 2.75) is 18.4 Å². The van der Waals surface area contributed by atoms with Crippen LogP contribution in [0, 0.1) is 0 Å². The molecule has 0 heterocycles. The third-order valence-corrected chi connectivity index (χ3v) is 3.67. The molecule has 0 radical (unpaired) electrons. The molecule has 0 atom stereocenters. The third-order valence-electron chi connectivity index (χ3n) is 3.67. The van der Waals surface area contributed by atoms with Crippen LogP contribution in [0.5, 0.6) is 0 Å². The van der Waals surface area contributed by atoms with Crippen molar-refractivity contribution in [2.75, 3.05) is 13.2 Å². The second-order valence-corrected chi connectivity index (χ2v) is 5.64. The molecule has 0 aromatic heterocycles. The van der Waals surface area contributed by atoms with Gasteiger partial charge in [-0.1, -0.05) is 54.6 Å². The van der Waals surface area contributed by atoms with Crippen molar-refractivity contribution in [1.29, 1.82) is 0 Å². The number of carbonyl (C=O) groups excluding carboxylic acids is 1. The molecule has 2 aromatic rings. The van der Waals surface area contributed by atoms with E-state index in [1.807, 2.05) is 42.5 Å². The molecule has 22 heavy (non-hydrogen) atoms. The molecule has 0 aliphatic heterocycles. The van der Waals surface area contributed by atoms with E-state index in [1.165, 1.54) is 0 Å². The molecule has 0 saturated carbocycles. The Balaban J connectivity index is 2.04. The van der Waals surface area contributed by atoms with E-state index >= 15 is 0 Å². The lowest BCUT2D eigenvalue weighted by Crippen LogP contribution is -2.49. The monoisotopic (exact) mass is 299 g/mol. The van der Waals surface area contributed by atoms with E-state index in [0.29, 0.717) is 18.4 Å². The molecule has 4 N–H and O–H groups in total. The minimum absolute atomic E-state index is 0.0566. The predicted molar refractivity (Wildman–Crippen MR) is 85.7 cm³/mol. The Morgan fingerprint density at radius 3 is 2.05 bits per heavy atom. The first-order valence-electron chi connectivity index (χ1n) is 7.23. The van der Waals surface area contributed by atoms with Gasteiger partial charge in [-0.15, -0.1) is 0 Å². The van der Waals surface area contributed by atoms with Crippen molar-refractivity contribution in [3.8, 4) is 0 Å². The van der Waals surface area contributed by atoms with E-state index in [0.717, 1.165) is 11.1 Å². The second-order valence-electron chi connectivity index (χ2n) is 5.64. The first-order valence-corrected chi connectivity index (χ1v) is 7.23. The molecule has 0 aliphatic rings. The average molecular weight is 299 g/mol. The van der Waals surface area contributed by atoms with Crippen LogP contribution in [0.1, 0.15) is 21.5 Å². The largest absolute Gasteiger partial charge is 0.394 e. The number of aliphatic hydroxyl groups is 2. The molecular weight excluding hydrogens is 278 g/mol. The Morgan fingerprint density at radius 2 is 1.50 bits per heavy atom.